The van der Waals surface area contributed by atoms with Crippen LogP contribution in [0.25, 0.3) is 0 Å². The second kappa shape index (κ2) is 12.5. The number of halogens is 5. The molecule has 6 rings (SSSR count). The quantitative estimate of drug-likeness (QED) is 0.247. The van der Waals surface area contributed by atoms with Gasteiger partial charge >= 0.3 is 11.4 Å². The van der Waals surface area contributed by atoms with Crippen molar-refractivity contribution in [3.05, 3.63) is 78.2 Å². The molecule has 9 nitrogen and oxygen atoms in total. The van der Waals surface area contributed by atoms with Crippen molar-refractivity contribution in [3.8, 4) is 5.75 Å². The molecule has 46 heavy (non-hydrogen) atoms. The summed E-state index contributed by atoms with van der Waals surface area (Å²) >= 11 is 18.8. The largest absolute Gasteiger partial charge is 0.494 e. The molecule has 2 aliphatic heterocycles. The summed E-state index contributed by atoms with van der Waals surface area (Å²) in [5.41, 5.74) is 0.868. The highest BCUT2D eigenvalue weighted by molar-refractivity contribution is 7.99. The van der Waals surface area contributed by atoms with Crippen LogP contribution >= 0.6 is 46.6 Å². The number of aliphatic hydroxyl groups excluding tert-OH is 1. The van der Waals surface area contributed by atoms with Gasteiger partial charge in [-0.2, -0.15) is 8.78 Å². The minimum absolute atomic E-state index is 0.0502. The zero-order valence-corrected chi connectivity index (χ0v) is 27.8. The van der Waals surface area contributed by atoms with E-state index in [-0.39, 0.29) is 45.0 Å². The van der Waals surface area contributed by atoms with E-state index >= 15 is 0 Å². The van der Waals surface area contributed by atoms with Gasteiger partial charge in [0.25, 0.3) is 11.5 Å². The number of hydrogen-bond acceptors (Lipinski definition) is 6. The van der Waals surface area contributed by atoms with Crippen LogP contribution in [-0.4, -0.2) is 58.1 Å². The number of fused-ring (bicyclic) bond motifs is 1. The number of ether oxygens (including phenoxy) is 1. The molecule has 1 saturated heterocycles. The molecule has 2 fully saturated rings. The summed E-state index contributed by atoms with van der Waals surface area (Å²) in [5.74, 6) is -0.196. The average Bonchev–Trinajstić information content (AvgIpc) is 3.76. The number of rotatable bonds is 8. The van der Waals surface area contributed by atoms with E-state index in [0.717, 1.165) is 53.8 Å². The highest BCUT2D eigenvalue weighted by Gasteiger charge is 2.40. The molecule has 0 atom stereocenters. The first-order valence-electron chi connectivity index (χ1n) is 14.5. The van der Waals surface area contributed by atoms with Crippen molar-refractivity contribution in [3.63, 3.8) is 0 Å². The molecule has 1 aromatic heterocycles. The first-order valence-corrected chi connectivity index (χ1v) is 16.5. The van der Waals surface area contributed by atoms with Crippen LogP contribution < -0.4 is 15.2 Å². The maximum Gasteiger partial charge on any atom is 0.362 e. The molecule has 0 bridgehead atoms. The Bertz CT molecular complexity index is 1810. The summed E-state index contributed by atoms with van der Waals surface area (Å²) in [6.07, 6.45) is 2.79. The fourth-order valence-electron chi connectivity index (χ4n) is 6.03. The Labute approximate surface area is 282 Å². The molecule has 3 amide bonds. The molecule has 2 N–H and O–H groups in total. The lowest BCUT2D eigenvalue weighted by atomic mass is 10.0. The van der Waals surface area contributed by atoms with Gasteiger partial charge in [-0.3, -0.25) is 14.5 Å². The Morgan fingerprint density at radius 3 is 2.57 bits per heavy atom. The molecule has 244 valence electrons. The van der Waals surface area contributed by atoms with Crippen LogP contribution in [0, 0.1) is 6.92 Å². The Kier molecular flexibility index (Phi) is 8.96. The van der Waals surface area contributed by atoms with E-state index < -0.39 is 34.7 Å². The van der Waals surface area contributed by atoms with Crippen molar-refractivity contribution < 1.29 is 28.2 Å². The number of aromatic amines is 1. The molecule has 3 heterocycles. The lowest BCUT2D eigenvalue weighted by Gasteiger charge is -2.36. The van der Waals surface area contributed by atoms with E-state index in [1.165, 1.54) is 24.1 Å². The normalized spacial score (nSPS) is 16.7. The van der Waals surface area contributed by atoms with Gasteiger partial charge in [0.1, 0.15) is 17.0 Å². The number of urea groups is 1. The SMILES string of the molecule is COc1c(N2CCCN(C3CC3)C2=O)cc2c(c1C)CN(C(=O)c1c(Sc3c(Cl)ccc(CO)c3Cl)cc(C(F)(F)Cl)[nH]c1=O)C2. The third-order valence-electron chi connectivity index (χ3n) is 8.49. The Hall–Kier alpha value is -3.03. The van der Waals surface area contributed by atoms with Crippen molar-refractivity contribution in [2.45, 2.75) is 67.1 Å². The predicted octanol–water partition coefficient (Wildman–Crippen LogP) is 6.88. The lowest BCUT2D eigenvalue weighted by Crippen LogP contribution is -2.50. The number of hydrogen-bond donors (Lipinski definition) is 2. The topological polar surface area (TPSA) is 106 Å². The summed E-state index contributed by atoms with van der Waals surface area (Å²) in [6.45, 7) is 2.87. The smallest absolute Gasteiger partial charge is 0.362 e. The molecule has 15 heteroatoms. The van der Waals surface area contributed by atoms with Crippen molar-refractivity contribution in [2.24, 2.45) is 0 Å². The minimum Gasteiger partial charge on any atom is -0.494 e. The number of pyridine rings is 1. The number of aliphatic hydroxyl groups is 1. The monoisotopic (exact) mass is 712 g/mol. The number of anilines is 1. The summed E-state index contributed by atoms with van der Waals surface area (Å²) < 4.78 is 34.2. The number of carbonyl (C=O) groups is 2. The van der Waals surface area contributed by atoms with Crippen LogP contribution in [0.15, 0.2) is 38.9 Å². The molecular weight excluding hydrogens is 685 g/mol. The zero-order valence-electron chi connectivity index (χ0n) is 24.8. The van der Waals surface area contributed by atoms with Crippen LogP contribution in [0.4, 0.5) is 19.3 Å². The van der Waals surface area contributed by atoms with Crippen LogP contribution in [0.5, 0.6) is 5.75 Å². The number of alkyl halides is 3. The Morgan fingerprint density at radius 1 is 1.17 bits per heavy atom. The number of amides is 3. The van der Waals surface area contributed by atoms with Crippen molar-refractivity contribution >= 4 is 64.2 Å². The highest BCUT2D eigenvalue weighted by Crippen LogP contribution is 2.45. The molecular formula is C31H29Cl3F2N4O5S. The van der Waals surface area contributed by atoms with E-state index in [9.17, 15) is 28.3 Å². The zero-order chi connectivity index (χ0) is 33.1. The molecule has 1 aliphatic carbocycles. The Balaban J connectivity index is 1.37. The van der Waals surface area contributed by atoms with Gasteiger partial charge in [-0.15, -0.1) is 0 Å². The summed E-state index contributed by atoms with van der Waals surface area (Å²) in [7, 11) is 1.53. The maximum absolute atomic E-state index is 14.2. The van der Waals surface area contributed by atoms with Crippen LogP contribution in [0.1, 0.15) is 57.6 Å². The minimum atomic E-state index is -3.94. The van der Waals surface area contributed by atoms with Crippen molar-refractivity contribution in [1.82, 2.24) is 14.8 Å². The van der Waals surface area contributed by atoms with E-state index in [0.29, 0.717) is 30.1 Å². The summed E-state index contributed by atoms with van der Waals surface area (Å²) in [6, 6.07) is 5.92. The summed E-state index contributed by atoms with van der Waals surface area (Å²) in [5, 5.41) is 5.92. The number of nitrogens with zero attached hydrogens (tertiary/aromatic N) is 3. The van der Waals surface area contributed by atoms with Crippen molar-refractivity contribution in [2.75, 3.05) is 25.1 Å². The van der Waals surface area contributed by atoms with Crippen LogP contribution in [0.3, 0.4) is 0 Å². The number of nitrogens with one attached hydrogen (secondary N) is 1. The number of methoxy groups -OCH3 is 1. The fraction of sp³-hybridized carbons (Fsp3) is 0.387. The molecule has 0 unspecified atom stereocenters. The van der Waals surface area contributed by atoms with E-state index in [1.54, 1.807) is 4.90 Å². The first kappa shape index (κ1) is 32.9. The number of H-pyrrole nitrogens is 1. The van der Waals surface area contributed by atoms with Gasteiger partial charge in [0.2, 0.25) is 0 Å². The average molecular weight is 714 g/mol. The van der Waals surface area contributed by atoms with Gasteiger partial charge in [-0.1, -0.05) is 41.0 Å². The van der Waals surface area contributed by atoms with E-state index in [2.05, 4.69) is 4.98 Å². The molecule has 3 aromatic rings. The standard InChI is InChI=1S/C31H29Cl3F2N4O5S/c1-15-19-13-38(12-17(19)10-21(26(15)45-2)40-9-3-8-39(30(40)44)18-5-6-18)29(43)24-22(11-23(31(34,35)36)37-28(24)42)46-27-20(32)7-4-16(14-41)25(27)33/h4,7,10-11,18,41H,3,5-6,8-9,12-14H2,1-2H3,(H,37,42). The molecule has 1 saturated carbocycles. The first-order chi connectivity index (χ1) is 21.8. The third kappa shape index (κ3) is 5.94. The molecule has 3 aliphatic rings. The third-order valence-corrected chi connectivity index (χ3v) is 10.8. The number of benzene rings is 2. The fourth-order valence-corrected chi connectivity index (χ4v) is 7.85. The molecule has 0 radical (unpaired) electrons. The van der Waals surface area contributed by atoms with Gasteiger partial charge in [-0.05, 0) is 78.2 Å². The highest BCUT2D eigenvalue weighted by atomic mass is 35.5. The molecule has 2 aromatic carbocycles. The van der Waals surface area contributed by atoms with Crippen molar-refractivity contribution in [1.29, 1.82) is 0 Å². The van der Waals surface area contributed by atoms with Crippen LogP contribution in [-0.2, 0) is 25.1 Å². The van der Waals surface area contributed by atoms with Crippen LogP contribution in [0.2, 0.25) is 10.0 Å². The van der Waals surface area contributed by atoms with Gasteiger partial charge in [0.05, 0.1) is 29.4 Å². The number of aromatic nitrogens is 1. The second-order valence-electron chi connectivity index (χ2n) is 11.4. The maximum atomic E-state index is 14.2. The molecule has 0 spiro atoms. The van der Waals surface area contributed by atoms with Gasteiger partial charge in [0.15, 0.2) is 0 Å². The number of carbonyl (C=O) groups excluding carboxylic acids is 2. The van der Waals surface area contributed by atoms with E-state index in [4.69, 9.17) is 39.5 Å². The van der Waals surface area contributed by atoms with E-state index in [1.807, 2.05) is 17.9 Å². The second-order valence-corrected chi connectivity index (χ2v) is 13.7. The Morgan fingerprint density at radius 2 is 1.91 bits per heavy atom. The van der Waals surface area contributed by atoms with Gasteiger partial charge < -0.3 is 24.6 Å². The van der Waals surface area contributed by atoms with Gasteiger partial charge in [-0.25, -0.2) is 4.79 Å². The predicted molar refractivity (Wildman–Crippen MR) is 172 cm³/mol. The summed E-state index contributed by atoms with van der Waals surface area (Å²) in [4.78, 5) is 48.0. The lowest BCUT2D eigenvalue weighted by molar-refractivity contribution is 0.0740. The van der Waals surface area contributed by atoms with Gasteiger partial charge in [0, 0.05) is 42.0 Å².